The summed E-state index contributed by atoms with van der Waals surface area (Å²) < 4.78 is 0. The Morgan fingerprint density at radius 2 is 2.00 bits per heavy atom. The summed E-state index contributed by atoms with van der Waals surface area (Å²) in [6.45, 7) is 3.04. The Morgan fingerprint density at radius 1 is 1.43 bits per heavy atom. The molecule has 0 bridgehead atoms. The maximum absolute atomic E-state index is 10.7. The first-order valence-electron chi connectivity index (χ1n) is 3.49. The van der Waals surface area contributed by atoms with E-state index in [1.807, 2.05) is 0 Å². The van der Waals surface area contributed by atoms with E-state index in [1.165, 1.54) is 0 Å². The molecule has 7 nitrogen and oxygen atoms in total. The number of rotatable bonds is 4. The quantitative estimate of drug-likeness (QED) is 0.341. The van der Waals surface area contributed by atoms with Gasteiger partial charge in [0.15, 0.2) is 0 Å². The van der Waals surface area contributed by atoms with E-state index in [1.54, 1.807) is 0 Å². The second-order valence-electron chi connectivity index (χ2n) is 2.21. The monoisotopic (exact) mass is 203 g/mol. The zero-order valence-corrected chi connectivity index (χ0v) is 7.13. The third kappa shape index (κ3) is 4.88. The van der Waals surface area contributed by atoms with E-state index in [4.69, 9.17) is 10.8 Å². The van der Waals surface area contributed by atoms with E-state index in [9.17, 15) is 14.4 Å². The second-order valence-corrected chi connectivity index (χ2v) is 2.21. The highest BCUT2D eigenvalue weighted by molar-refractivity contribution is 5.83. The van der Waals surface area contributed by atoms with Gasteiger partial charge in [-0.2, -0.15) is 0 Å². The molecule has 78 valence electrons. The van der Waals surface area contributed by atoms with Gasteiger partial charge in [0.05, 0.1) is 6.42 Å². The number of aliphatic carboxylic acids is 1. The molecule has 0 radical (unpaired) electrons. The van der Waals surface area contributed by atoms with Crippen LogP contribution in [0.4, 0.5) is 0 Å². The molecule has 1 atom stereocenters. The second kappa shape index (κ2) is 5.70. The average Bonchev–Trinajstić information content (AvgIpc) is 2.13. The summed E-state index contributed by atoms with van der Waals surface area (Å²) in [5, 5.41) is 8.30. The fourth-order valence-corrected chi connectivity index (χ4v) is 0.422. The number of nitrogens with two attached hydrogens (primary N) is 1. The van der Waals surface area contributed by atoms with Gasteiger partial charge >= 0.3 is 17.9 Å². The van der Waals surface area contributed by atoms with Gasteiger partial charge in [0.1, 0.15) is 6.04 Å². The molecule has 0 aliphatic carbocycles. The van der Waals surface area contributed by atoms with Crippen LogP contribution in [0.1, 0.15) is 6.42 Å². The highest BCUT2D eigenvalue weighted by Gasteiger charge is 2.18. The van der Waals surface area contributed by atoms with Crippen LogP contribution in [0.2, 0.25) is 0 Å². The Kier molecular flexibility index (Phi) is 4.93. The summed E-state index contributed by atoms with van der Waals surface area (Å²) in [6.07, 6.45) is 0.199. The van der Waals surface area contributed by atoms with Crippen LogP contribution in [0.25, 0.3) is 0 Å². The Morgan fingerprint density at radius 3 is 2.43 bits per heavy atom. The molecule has 0 amide bonds. The smallest absolute Gasteiger partial charge is 0.378 e. The molecule has 3 N–H and O–H groups in total. The van der Waals surface area contributed by atoms with Crippen LogP contribution in [0.5, 0.6) is 0 Å². The lowest BCUT2D eigenvalue weighted by molar-refractivity contribution is -0.255. The van der Waals surface area contributed by atoms with E-state index in [0.717, 1.165) is 6.08 Å². The molecular weight excluding hydrogens is 194 g/mol. The van der Waals surface area contributed by atoms with E-state index >= 15 is 0 Å². The van der Waals surface area contributed by atoms with Crippen molar-refractivity contribution in [2.45, 2.75) is 12.5 Å². The minimum atomic E-state index is -1.38. The van der Waals surface area contributed by atoms with Gasteiger partial charge in [0.2, 0.25) is 0 Å². The molecule has 0 spiro atoms. The van der Waals surface area contributed by atoms with Crippen LogP contribution in [0, 0.1) is 0 Å². The van der Waals surface area contributed by atoms with Crippen LogP contribution in [-0.2, 0) is 24.2 Å². The summed E-state index contributed by atoms with van der Waals surface area (Å²) in [6, 6.07) is -1.38. The van der Waals surface area contributed by atoms with Crippen molar-refractivity contribution in [3.63, 3.8) is 0 Å². The zero-order valence-electron chi connectivity index (χ0n) is 7.13. The molecule has 0 aromatic heterocycles. The summed E-state index contributed by atoms with van der Waals surface area (Å²) in [7, 11) is 0. The third-order valence-electron chi connectivity index (χ3n) is 1.09. The molecular formula is C7H9NO6. The Hall–Kier alpha value is -1.89. The minimum Gasteiger partial charge on any atom is -0.480 e. The van der Waals surface area contributed by atoms with Crippen molar-refractivity contribution in [3.8, 4) is 0 Å². The molecule has 7 heteroatoms. The molecule has 0 aromatic rings. The van der Waals surface area contributed by atoms with Crippen LogP contribution in [0.3, 0.4) is 0 Å². The summed E-state index contributed by atoms with van der Waals surface area (Å²) in [5.74, 6) is -3.35. The van der Waals surface area contributed by atoms with Gasteiger partial charge in [-0.15, -0.1) is 0 Å². The van der Waals surface area contributed by atoms with Gasteiger partial charge < -0.3 is 10.8 Å². The van der Waals surface area contributed by atoms with Crippen molar-refractivity contribution < 1.29 is 29.3 Å². The number of carboxylic acid groups (broad SMARTS) is 1. The van der Waals surface area contributed by atoms with E-state index in [2.05, 4.69) is 16.4 Å². The topological polar surface area (TPSA) is 116 Å². The molecule has 0 rings (SSSR count). The van der Waals surface area contributed by atoms with Crippen molar-refractivity contribution >= 4 is 17.9 Å². The molecule has 0 aromatic carbocycles. The fourth-order valence-electron chi connectivity index (χ4n) is 0.422. The molecule has 0 fully saturated rings. The maximum atomic E-state index is 10.7. The number of hydrogen-bond acceptors (Lipinski definition) is 6. The first-order chi connectivity index (χ1) is 6.47. The molecule has 0 saturated carbocycles. The Labute approximate surface area is 79.0 Å². The number of carbonyl (C=O) groups excluding carboxylic acids is 2. The van der Waals surface area contributed by atoms with Crippen molar-refractivity contribution in [2.24, 2.45) is 5.73 Å². The lowest BCUT2D eigenvalue weighted by atomic mass is 10.2. The van der Waals surface area contributed by atoms with Gasteiger partial charge in [-0.25, -0.2) is 19.4 Å². The van der Waals surface area contributed by atoms with Crippen molar-refractivity contribution in [3.05, 3.63) is 12.7 Å². The summed E-state index contributed by atoms with van der Waals surface area (Å²) in [4.78, 5) is 39.0. The van der Waals surface area contributed by atoms with Crippen molar-refractivity contribution in [2.75, 3.05) is 0 Å². The highest BCUT2D eigenvalue weighted by atomic mass is 17.2. The zero-order chi connectivity index (χ0) is 11.1. The molecule has 14 heavy (non-hydrogen) atoms. The van der Waals surface area contributed by atoms with Crippen molar-refractivity contribution in [1.82, 2.24) is 0 Å². The molecule has 0 saturated heterocycles. The van der Waals surface area contributed by atoms with Crippen molar-refractivity contribution in [1.29, 1.82) is 0 Å². The maximum Gasteiger partial charge on any atom is 0.378 e. The largest absolute Gasteiger partial charge is 0.480 e. The van der Waals surface area contributed by atoms with Crippen LogP contribution in [-0.4, -0.2) is 29.1 Å². The van der Waals surface area contributed by atoms with Gasteiger partial charge in [0, 0.05) is 6.08 Å². The normalized spacial score (nSPS) is 11.2. The molecule has 0 aliphatic rings. The summed E-state index contributed by atoms with van der Waals surface area (Å²) >= 11 is 0. The first kappa shape index (κ1) is 12.1. The van der Waals surface area contributed by atoms with E-state index in [0.29, 0.717) is 0 Å². The van der Waals surface area contributed by atoms with E-state index < -0.39 is 30.4 Å². The molecule has 0 aliphatic heterocycles. The van der Waals surface area contributed by atoms with Gasteiger partial charge in [0.25, 0.3) is 0 Å². The lowest BCUT2D eigenvalue weighted by Crippen LogP contribution is -2.33. The standard InChI is InChI=1S/C7H9NO6/c1-2-5(9)13-14-6(10)3-4(8)7(11)12/h2,4H,1,3,8H2,(H,11,12). The summed E-state index contributed by atoms with van der Waals surface area (Å²) in [5.41, 5.74) is 5.00. The van der Waals surface area contributed by atoms with Crippen LogP contribution >= 0.6 is 0 Å². The predicted octanol–water partition coefficient (Wildman–Crippen LogP) is -1.02. The van der Waals surface area contributed by atoms with Crippen LogP contribution < -0.4 is 5.73 Å². The van der Waals surface area contributed by atoms with Crippen LogP contribution in [0.15, 0.2) is 12.7 Å². The Bertz CT molecular complexity index is 261. The first-order valence-corrected chi connectivity index (χ1v) is 3.49. The number of carbonyl (C=O) groups is 3. The van der Waals surface area contributed by atoms with Gasteiger partial charge in [-0.1, -0.05) is 6.58 Å². The molecule has 1 unspecified atom stereocenters. The number of carboxylic acids is 1. The average molecular weight is 203 g/mol. The fraction of sp³-hybridized carbons (Fsp3) is 0.286. The predicted molar refractivity (Wildman–Crippen MR) is 42.6 cm³/mol. The highest BCUT2D eigenvalue weighted by Crippen LogP contribution is 1.93. The van der Waals surface area contributed by atoms with E-state index in [-0.39, 0.29) is 0 Å². The SMILES string of the molecule is C=CC(=O)OOC(=O)CC(N)C(=O)O. The third-order valence-corrected chi connectivity index (χ3v) is 1.09. The Balaban J connectivity index is 3.82. The number of hydrogen-bond donors (Lipinski definition) is 2. The van der Waals surface area contributed by atoms with Gasteiger partial charge in [-0.3, -0.25) is 4.79 Å². The minimum absolute atomic E-state index is 0.584. The molecule has 0 heterocycles. The van der Waals surface area contributed by atoms with Gasteiger partial charge in [-0.05, 0) is 0 Å². The lowest BCUT2D eigenvalue weighted by Gasteiger charge is -2.04.